The Bertz CT molecular complexity index is 637. The topological polar surface area (TPSA) is 101 Å². The predicted molar refractivity (Wildman–Crippen MR) is 99.5 cm³/mol. The van der Waals surface area contributed by atoms with Gasteiger partial charge in [-0.1, -0.05) is 17.7 Å². The largest absolute Gasteiger partial charge is 0.444 e. The number of aromatic nitrogens is 1. The smallest absolute Gasteiger partial charge is 0.416 e. The molecule has 1 heterocycles. The summed E-state index contributed by atoms with van der Waals surface area (Å²) in [5.74, 6) is 0.306. The van der Waals surface area contributed by atoms with Gasteiger partial charge in [0.2, 0.25) is 0 Å². The summed E-state index contributed by atoms with van der Waals surface area (Å²) in [5.41, 5.74) is -0.0882. The van der Waals surface area contributed by atoms with Crippen LogP contribution < -0.4 is 4.90 Å². The number of aliphatic hydroxyl groups excluding tert-OH is 1. The molecule has 0 radical (unpaired) electrons. The highest BCUT2D eigenvalue weighted by Gasteiger charge is 2.22. The molecule has 0 aliphatic rings. The number of hydrogen-bond donors (Lipinski definition) is 1. The van der Waals surface area contributed by atoms with Gasteiger partial charge in [0.05, 0.1) is 13.2 Å². The molecule has 27 heavy (non-hydrogen) atoms. The van der Waals surface area contributed by atoms with Crippen LogP contribution in [0.2, 0.25) is 0 Å². The summed E-state index contributed by atoms with van der Waals surface area (Å²) in [5, 5.41) is 10.0. The average molecular weight is 404 g/mol. The Hall–Kier alpha value is -2.10. The van der Waals surface area contributed by atoms with Gasteiger partial charge in [0.25, 0.3) is 0 Å². The number of pyridine rings is 1. The molecule has 0 aromatic carbocycles. The highest BCUT2D eigenvalue weighted by Crippen LogP contribution is 2.18. The molecule has 1 aromatic rings. The first-order valence-electron chi connectivity index (χ1n) is 8.19. The fourth-order valence-electron chi connectivity index (χ4n) is 1.96. The van der Waals surface area contributed by atoms with Crippen molar-refractivity contribution >= 4 is 29.6 Å². The van der Waals surface area contributed by atoms with Crippen LogP contribution in [0.15, 0.2) is 18.3 Å². The second kappa shape index (κ2) is 10.3. The first kappa shape index (κ1) is 22.9. The number of carbonyl (C=O) groups excluding carboxylic acids is 2. The van der Waals surface area contributed by atoms with Crippen molar-refractivity contribution in [2.45, 2.75) is 39.3 Å². The van der Waals surface area contributed by atoms with E-state index in [0.717, 1.165) is 0 Å². The number of nitrogens with zero attached hydrogens (tertiary/aromatic N) is 3. The van der Waals surface area contributed by atoms with E-state index in [4.69, 9.17) is 25.8 Å². The van der Waals surface area contributed by atoms with Gasteiger partial charge in [0, 0.05) is 25.9 Å². The molecule has 1 atom stereocenters. The highest BCUT2D eigenvalue weighted by molar-refractivity contribution is 6.17. The molecule has 1 unspecified atom stereocenters. The van der Waals surface area contributed by atoms with Crippen LogP contribution in [0, 0.1) is 0 Å². The van der Waals surface area contributed by atoms with E-state index in [-0.39, 0.29) is 19.2 Å². The SMILES string of the molecule is CN(CC(O)OCc1cccnc1N(C)C(=O)OCCl)C(=O)OC(C)(C)C. The minimum atomic E-state index is -1.25. The fourth-order valence-corrected chi connectivity index (χ4v) is 2.06. The standard InChI is InChI=1S/C17H26ClN3O6/c1-17(2,3)27-15(23)20(4)9-13(22)25-10-12-7-6-8-19-14(12)21(5)16(24)26-11-18/h6-8,13,22H,9-11H2,1-5H3. The van der Waals surface area contributed by atoms with Gasteiger partial charge in [-0.15, -0.1) is 0 Å². The summed E-state index contributed by atoms with van der Waals surface area (Å²) in [7, 11) is 2.97. The Morgan fingerprint density at radius 3 is 2.56 bits per heavy atom. The number of alkyl halides is 1. The van der Waals surface area contributed by atoms with Crippen LogP contribution in [0.25, 0.3) is 0 Å². The maximum Gasteiger partial charge on any atom is 0.416 e. The monoisotopic (exact) mass is 403 g/mol. The third-order valence-electron chi connectivity index (χ3n) is 3.20. The Kier molecular flexibility index (Phi) is 8.74. The van der Waals surface area contributed by atoms with Gasteiger partial charge in [-0.2, -0.15) is 0 Å². The van der Waals surface area contributed by atoms with Gasteiger partial charge in [-0.05, 0) is 26.8 Å². The molecule has 9 nitrogen and oxygen atoms in total. The lowest BCUT2D eigenvalue weighted by Gasteiger charge is -2.26. The number of hydrogen-bond acceptors (Lipinski definition) is 7. The lowest BCUT2D eigenvalue weighted by molar-refractivity contribution is -0.118. The summed E-state index contributed by atoms with van der Waals surface area (Å²) < 4.78 is 15.3. The first-order valence-corrected chi connectivity index (χ1v) is 8.72. The Labute approximate surface area is 163 Å². The van der Waals surface area contributed by atoms with E-state index in [9.17, 15) is 14.7 Å². The first-order chi connectivity index (χ1) is 12.5. The lowest BCUT2D eigenvalue weighted by atomic mass is 10.2. The van der Waals surface area contributed by atoms with Crippen molar-refractivity contribution < 1.29 is 28.9 Å². The van der Waals surface area contributed by atoms with Gasteiger partial charge in [-0.3, -0.25) is 4.90 Å². The van der Waals surface area contributed by atoms with Gasteiger partial charge >= 0.3 is 12.2 Å². The summed E-state index contributed by atoms with van der Waals surface area (Å²) in [6.45, 7) is 5.13. The Morgan fingerprint density at radius 1 is 1.30 bits per heavy atom. The molecule has 1 rings (SSSR count). The molecule has 0 saturated heterocycles. The van der Waals surface area contributed by atoms with Crippen molar-refractivity contribution in [1.82, 2.24) is 9.88 Å². The number of amides is 2. The van der Waals surface area contributed by atoms with Crippen LogP contribution >= 0.6 is 11.6 Å². The van der Waals surface area contributed by atoms with E-state index in [0.29, 0.717) is 11.4 Å². The molecule has 1 aromatic heterocycles. The number of carbonyl (C=O) groups is 2. The van der Waals surface area contributed by atoms with E-state index in [1.807, 2.05) is 0 Å². The molecule has 0 aliphatic heterocycles. The van der Waals surface area contributed by atoms with E-state index in [1.54, 1.807) is 32.9 Å². The molecular formula is C17H26ClN3O6. The number of anilines is 1. The number of ether oxygens (including phenoxy) is 3. The van der Waals surface area contributed by atoms with Crippen LogP contribution in [-0.4, -0.2) is 65.8 Å². The van der Waals surface area contributed by atoms with Crippen molar-refractivity contribution in [2.24, 2.45) is 0 Å². The molecule has 152 valence electrons. The second-order valence-corrected chi connectivity index (χ2v) is 6.91. The lowest BCUT2D eigenvalue weighted by Crippen LogP contribution is -2.39. The molecule has 2 amide bonds. The van der Waals surface area contributed by atoms with Crippen molar-refractivity contribution in [3.05, 3.63) is 23.9 Å². The quantitative estimate of drug-likeness (QED) is 0.551. The Balaban J connectivity index is 2.65. The molecule has 10 heteroatoms. The maximum atomic E-state index is 11.9. The van der Waals surface area contributed by atoms with Gasteiger partial charge in [0.1, 0.15) is 11.4 Å². The third-order valence-corrected chi connectivity index (χ3v) is 3.31. The zero-order valence-corrected chi connectivity index (χ0v) is 16.9. The predicted octanol–water partition coefficient (Wildman–Crippen LogP) is 2.55. The molecule has 0 fully saturated rings. The van der Waals surface area contributed by atoms with Gasteiger partial charge in [-0.25, -0.2) is 14.6 Å². The molecule has 0 saturated carbocycles. The van der Waals surface area contributed by atoms with Crippen LogP contribution in [-0.2, 0) is 20.8 Å². The summed E-state index contributed by atoms with van der Waals surface area (Å²) in [6.07, 6.45) is -0.989. The maximum absolute atomic E-state index is 11.9. The van der Waals surface area contributed by atoms with E-state index < -0.39 is 24.1 Å². The fraction of sp³-hybridized carbons (Fsp3) is 0.588. The van der Waals surface area contributed by atoms with Crippen LogP contribution in [0.3, 0.4) is 0 Å². The van der Waals surface area contributed by atoms with Crippen LogP contribution in [0.4, 0.5) is 15.4 Å². The normalized spacial score (nSPS) is 12.3. The second-order valence-electron chi connectivity index (χ2n) is 6.69. The molecule has 1 N–H and O–H groups in total. The average Bonchev–Trinajstić information content (AvgIpc) is 2.58. The van der Waals surface area contributed by atoms with Crippen molar-refractivity contribution in [2.75, 3.05) is 31.6 Å². The molecule has 0 aliphatic carbocycles. The molecular weight excluding hydrogens is 378 g/mol. The number of halogens is 1. The summed E-state index contributed by atoms with van der Waals surface area (Å²) >= 11 is 5.39. The molecule has 0 spiro atoms. The van der Waals surface area contributed by atoms with E-state index in [2.05, 4.69) is 4.98 Å². The Morgan fingerprint density at radius 2 is 1.96 bits per heavy atom. The van der Waals surface area contributed by atoms with Gasteiger partial charge < -0.3 is 24.2 Å². The van der Waals surface area contributed by atoms with Crippen LogP contribution in [0.1, 0.15) is 26.3 Å². The van der Waals surface area contributed by atoms with Gasteiger partial charge in [0.15, 0.2) is 12.4 Å². The highest BCUT2D eigenvalue weighted by atomic mass is 35.5. The number of likely N-dealkylation sites (N-methyl/N-ethyl adjacent to an activating group) is 1. The third kappa shape index (κ3) is 7.98. The van der Waals surface area contributed by atoms with E-state index >= 15 is 0 Å². The zero-order chi connectivity index (χ0) is 20.6. The zero-order valence-electron chi connectivity index (χ0n) is 16.1. The summed E-state index contributed by atoms with van der Waals surface area (Å²) in [4.78, 5) is 30.2. The minimum Gasteiger partial charge on any atom is -0.444 e. The number of rotatable bonds is 7. The minimum absolute atomic E-state index is 0.0367. The summed E-state index contributed by atoms with van der Waals surface area (Å²) in [6, 6.07) is 3.08. The van der Waals surface area contributed by atoms with Crippen molar-refractivity contribution in [3.8, 4) is 0 Å². The van der Waals surface area contributed by atoms with Crippen LogP contribution in [0.5, 0.6) is 0 Å². The van der Waals surface area contributed by atoms with Crippen molar-refractivity contribution in [1.29, 1.82) is 0 Å². The number of aliphatic hydroxyl groups is 1. The molecule has 0 bridgehead atoms. The van der Waals surface area contributed by atoms with Crippen molar-refractivity contribution in [3.63, 3.8) is 0 Å². The van der Waals surface area contributed by atoms with E-state index in [1.165, 1.54) is 30.1 Å².